The molecule has 0 radical (unpaired) electrons. The molecule has 0 fully saturated rings. The summed E-state index contributed by atoms with van der Waals surface area (Å²) in [5.41, 5.74) is 0. The van der Waals surface area contributed by atoms with Crippen LogP contribution in [0.1, 0.15) is 33.6 Å². The molecule has 4 heteroatoms. The fraction of sp³-hybridized carbons (Fsp3) is 0.909. The van der Waals surface area contributed by atoms with Crippen LogP contribution in [0, 0.1) is 0 Å². The van der Waals surface area contributed by atoms with Crippen LogP contribution in [0.2, 0.25) is 0 Å². The van der Waals surface area contributed by atoms with Crippen molar-refractivity contribution in [2.45, 2.75) is 45.7 Å². The largest absolute Gasteiger partial charge is 0.480 e. The van der Waals surface area contributed by atoms with Gasteiger partial charge >= 0.3 is 5.97 Å². The van der Waals surface area contributed by atoms with E-state index >= 15 is 0 Å². The summed E-state index contributed by atoms with van der Waals surface area (Å²) in [6.07, 6.45) is 1.75. The molecule has 90 valence electrons. The summed E-state index contributed by atoms with van der Waals surface area (Å²) in [6, 6.07) is 0.0996. The highest BCUT2D eigenvalue weighted by molar-refractivity contribution is 5.73. The number of likely N-dealkylation sites (N-methyl/N-ethyl adjacent to an activating group) is 1. The second-order valence-electron chi connectivity index (χ2n) is 3.98. The lowest BCUT2D eigenvalue weighted by Gasteiger charge is -2.25. The summed E-state index contributed by atoms with van der Waals surface area (Å²) < 4.78 is 0. The number of carboxylic acid groups (broad SMARTS) is 1. The molecule has 4 nitrogen and oxygen atoms in total. The molecule has 0 aromatic rings. The monoisotopic (exact) mass is 216 g/mol. The second kappa shape index (κ2) is 7.65. The molecule has 0 aliphatic rings. The third-order valence-corrected chi connectivity index (χ3v) is 2.86. The minimum Gasteiger partial charge on any atom is -0.480 e. The summed E-state index contributed by atoms with van der Waals surface area (Å²) in [7, 11) is 2.04. The fourth-order valence-electron chi connectivity index (χ4n) is 1.42. The Morgan fingerprint density at radius 2 is 2.07 bits per heavy atom. The number of nitrogens with zero attached hydrogens (tertiary/aromatic N) is 1. The Bertz CT molecular complexity index is 185. The number of hydrogen-bond donors (Lipinski definition) is 2. The molecular weight excluding hydrogens is 192 g/mol. The predicted octanol–water partition coefficient (Wildman–Crippen LogP) is 1.17. The van der Waals surface area contributed by atoms with E-state index in [9.17, 15) is 4.79 Å². The van der Waals surface area contributed by atoms with Gasteiger partial charge in [0, 0.05) is 12.6 Å². The van der Waals surface area contributed by atoms with Gasteiger partial charge in [-0.25, -0.2) is 0 Å². The number of carbonyl (C=O) groups is 1. The minimum absolute atomic E-state index is 0.415. The normalized spacial score (nSPS) is 15.3. The third-order valence-electron chi connectivity index (χ3n) is 2.86. The molecule has 0 aliphatic heterocycles. The van der Waals surface area contributed by atoms with Gasteiger partial charge in [0.2, 0.25) is 0 Å². The van der Waals surface area contributed by atoms with Crippen molar-refractivity contribution in [3.8, 4) is 0 Å². The Kier molecular flexibility index (Phi) is 7.34. The molecule has 2 N–H and O–H groups in total. The van der Waals surface area contributed by atoms with E-state index in [2.05, 4.69) is 24.1 Å². The van der Waals surface area contributed by atoms with Gasteiger partial charge in [-0.1, -0.05) is 13.8 Å². The zero-order chi connectivity index (χ0) is 11.8. The van der Waals surface area contributed by atoms with Gasteiger partial charge < -0.3 is 15.3 Å². The molecule has 0 saturated heterocycles. The fourth-order valence-corrected chi connectivity index (χ4v) is 1.42. The van der Waals surface area contributed by atoms with E-state index in [1.54, 1.807) is 0 Å². The van der Waals surface area contributed by atoms with Crippen LogP contribution in [0.25, 0.3) is 0 Å². The predicted molar refractivity (Wildman–Crippen MR) is 62.1 cm³/mol. The van der Waals surface area contributed by atoms with Gasteiger partial charge in [0.25, 0.3) is 0 Å². The maximum atomic E-state index is 10.9. The zero-order valence-electron chi connectivity index (χ0n) is 10.3. The molecule has 0 rings (SSSR count). The van der Waals surface area contributed by atoms with E-state index < -0.39 is 12.0 Å². The van der Waals surface area contributed by atoms with E-state index in [1.807, 2.05) is 14.0 Å². The molecular formula is C11H24N2O2. The van der Waals surface area contributed by atoms with Crippen molar-refractivity contribution in [2.24, 2.45) is 0 Å². The molecule has 0 saturated carbocycles. The standard InChI is InChI=1S/C11H24N2O2/c1-5-9(3)13(4)8-7-10(11(14)15)12-6-2/h9-10,12H,5-8H2,1-4H3,(H,14,15). The Hall–Kier alpha value is -0.610. The molecule has 0 aliphatic carbocycles. The highest BCUT2D eigenvalue weighted by Gasteiger charge is 2.17. The summed E-state index contributed by atoms with van der Waals surface area (Å²) >= 11 is 0. The highest BCUT2D eigenvalue weighted by Crippen LogP contribution is 2.03. The summed E-state index contributed by atoms with van der Waals surface area (Å²) in [5.74, 6) is -0.755. The van der Waals surface area contributed by atoms with Gasteiger partial charge in [0.05, 0.1) is 0 Å². The molecule has 0 aromatic heterocycles. The van der Waals surface area contributed by atoms with Crippen LogP contribution < -0.4 is 5.32 Å². The van der Waals surface area contributed by atoms with Crippen molar-refractivity contribution in [2.75, 3.05) is 20.1 Å². The van der Waals surface area contributed by atoms with Gasteiger partial charge in [-0.15, -0.1) is 0 Å². The number of hydrogen-bond acceptors (Lipinski definition) is 3. The SMILES string of the molecule is CCNC(CCN(C)C(C)CC)C(=O)O. The number of nitrogens with one attached hydrogen (secondary N) is 1. The maximum Gasteiger partial charge on any atom is 0.320 e. The summed E-state index contributed by atoms with van der Waals surface area (Å²) in [5, 5.41) is 11.9. The third kappa shape index (κ3) is 5.74. The molecule has 0 bridgehead atoms. The summed E-state index contributed by atoms with van der Waals surface area (Å²) in [4.78, 5) is 13.1. The van der Waals surface area contributed by atoms with E-state index in [0.717, 1.165) is 13.0 Å². The van der Waals surface area contributed by atoms with Crippen LogP contribution >= 0.6 is 0 Å². The van der Waals surface area contributed by atoms with Gasteiger partial charge in [0.1, 0.15) is 6.04 Å². The minimum atomic E-state index is -0.755. The molecule has 0 spiro atoms. The molecule has 0 heterocycles. The molecule has 2 atom stereocenters. The Balaban J connectivity index is 3.93. The van der Waals surface area contributed by atoms with E-state index in [0.29, 0.717) is 19.0 Å². The van der Waals surface area contributed by atoms with E-state index in [4.69, 9.17) is 5.11 Å². The quantitative estimate of drug-likeness (QED) is 0.639. The first-order valence-electron chi connectivity index (χ1n) is 5.69. The van der Waals surface area contributed by atoms with Crippen molar-refractivity contribution in [3.05, 3.63) is 0 Å². The molecule has 0 amide bonds. The second-order valence-corrected chi connectivity index (χ2v) is 3.98. The lowest BCUT2D eigenvalue weighted by atomic mass is 10.1. The number of carboxylic acids is 1. The first-order chi connectivity index (χ1) is 7.02. The number of aliphatic carboxylic acids is 1. The first-order valence-corrected chi connectivity index (χ1v) is 5.69. The first kappa shape index (κ1) is 14.4. The highest BCUT2D eigenvalue weighted by atomic mass is 16.4. The van der Waals surface area contributed by atoms with Crippen molar-refractivity contribution in [1.82, 2.24) is 10.2 Å². The van der Waals surface area contributed by atoms with Gasteiger partial charge in [-0.05, 0) is 33.4 Å². The molecule has 15 heavy (non-hydrogen) atoms. The lowest BCUT2D eigenvalue weighted by molar-refractivity contribution is -0.139. The van der Waals surface area contributed by atoms with E-state index in [-0.39, 0.29) is 0 Å². The van der Waals surface area contributed by atoms with Crippen LogP contribution in [-0.2, 0) is 4.79 Å². The lowest BCUT2D eigenvalue weighted by Crippen LogP contribution is -2.40. The Morgan fingerprint density at radius 3 is 2.47 bits per heavy atom. The summed E-state index contributed by atoms with van der Waals surface area (Å²) in [6.45, 7) is 7.74. The van der Waals surface area contributed by atoms with Crippen LogP contribution in [0.4, 0.5) is 0 Å². The van der Waals surface area contributed by atoms with Crippen molar-refractivity contribution < 1.29 is 9.90 Å². The smallest absolute Gasteiger partial charge is 0.320 e. The topological polar surface area (TPSA) is 52.6 Å². The van der Waals surface area contributed by atoms with Crippen molar-refractivity contribution in [1.29, 1.82) is 0 Å². The zero-order valence-corrected chi connectivity index (χ0v) is 10.3. The van der Waals surface area contributed by atoms with Gasteiger partial charge in [-0.2, -0.15) is 0 Å². The van der Waals surface area contributed by atoms with Crippen molar-refractivity contribution in [3.63, 3.8) is 0 Å². The van der Waals surface area contributed by atoms with Crippen LogP contribution in [0.3, 0.4) is 0 Å². The Morgan fingerprint density at radius 1 is 1.47 bits per heavy atom. The van der Waals surface area contributed by atoms with Crippen LogP contribution in [-0.4, -0.2) is 48.2 Å². The van der Waals surface area contributed by atoms with E-state index in [1.165, 1.54) is 0 Å². The molecule has 0 aromatic carbocycles. The van der Waals surface area contributed by atoms with Gasteiger partial charge in [-0.3, -0.25) is 4.79 Å². The number of rotatable bonds is 8. The maximum absolute atomic E-state index is 10.9. The van der Waals surface area contributed by atoms with Crippen LogP contribution in [0.5, 0.6) is 0 Å². The van der Waals surface area contributed by atoms with Crippen LogP contribution in [0.15, 0.2) is 0 Å². The molecule has 2 unspecified atom stereocenters. The average molecular weight is 216 g/mol. The Labute approximate surface area is 92.7 Å². The van der Waals surface area contributed by atoms with Gasteiger partial charge in [0.15, 0.2) is 0 Å². The van der Waals surface area contributed by atoms with Crippen molar-refractivity contribution >= 4 is 5.97 Å². The average Bonchev–Trinajstić information content (AvgIpc) is 2.21.